The Morgan fingerprint density at radius 2 is 2.10 bits per heavy atom. The fraction of sp³-hybridized carbons (Fsp3) is 0.333. The van der Waals surface area contributed by atoms with Crippen molar-refractivity contribution in [2.45, 2.75) is 30.5 Å². The monoisotopic (exact) mass is 321 g/mol. The van der Waals surface area contributed by atoms with Gasteiger partial charge in [-0.05, 0) is 19.1 Å². The molecule has 21 heavy (non-hydrogen) atoms. The summed E-state index contributed by atoms with van der Waals surface area (Å²) < 4.78 is 0. The summed E-state index contributed by atoms with van der Waals surface area (Å²) in [5, 5.41) is 6.08. The lowest BCUT2D eigenvalue weighted by Gasteiger charge is -2.13. The third-order valence-electron chi connectivity index (χ3n) is 2.88. The van der Waals surface area contributed by atoms with E-state index in [2.05, 4.69) is 34.7 Å². The van der Waals surface area contributed by atoms with Crippen molar-refractivity contribution in [2.75, 3.05) is 6.54 Å². The minimum Gasteiger partial charge on any atom is -0.337 e. The normalized spacial score (nSPS) is 11.9. The van der Waals surface area contributed by atoms with Crippen LogP contribution < -0.4 is 10.6 Å². The van der Waals surface area contributed by atoms with E-state index in [1.165, 1.54) is 4.90 Å². The summed E-state index contributed by atoms with van der Waals surface area (Å²) in [5.74, 6) is 0. The molecule has 0 unspecified atom stereocenters. The Hall–Kier alpha value is -1.53. The third-order valence-corrected chi connectivity index (χ3v) is 4.93. The minimum atomic E-state index is -0.136. The predicted molar refractivity (Wildman–Crippen MR) is 88.9 cm³/mol. The number of nitrogens with zero attached hydrogens (tertiary/aromatic N) is 1. The number of carbonyl (C=O) groups is 1. The van der Waals surface area contributed by atoms with Crippen molar-refractivity contribution in [3.8, 4) is 0 Å². The Kier molecular flexibility index (Phi) is 6.07. The lowest BCUT2D eigenvalue weighted by molar-refractivity contribution is 0.240. The smallest absolute Gasteiger partial charge is 0.315 e. The van der Waals surface area contributed by atoms with Crippen LogP contribution in [0.2, 0.25) is 0 Å². The third kappa shape index (κ3) is 5.40. The second-order valence-corrected chi connectivity index (χ2v) is 7.12. The Morgan fingerprint density at radius 3 is 2.76 bits per heavy atom. The van der Waals surface area contributed by atoms with Gasteiger partial charge in [0.15, 0.2) is 0 Å². The molecule has 2 aromatic rings. The summed E-state index contributed by atoms with van der Waals surface area (Å²) >= 11 is 3.31. The first kappa shape index (κ1) is 15.9. The number of rotatable bonds is 6. The number of hydrogen-bond acceptors (Lipinski definition) is 4. The standard InChI is InChI=1S/C15H19N3OS2/c1-11(21-13-6-4-3-5-7-13)8-16-15(19)17-9-14-12(2)18-10-20-14/h3-7,10-11H,8-9H2,1-2H3,(H2,16,17,19)/t11-/m0/s1. The molecule has 6 heteroatoms. The molecule has 0 saturated heterocycles. The molecule has 1 heterocycles. The van der Waals surface area contributed by atoms with E-state index < -0.39 is 0 Å². The molecule has 4 nitrogen and oxygen atoms in total. The van der Waals surface area contributed by atoms with Gasteiger partial charge in [0.25, 0.3) is 0 Å². The van der Waals surface area contributed by atoms with Gasteiger partial charge in [0, 0.05) is 21.6 Å². The van der Waals surface area contributed by atoms with Crippen LogP contribution in [0.5, 0.6) is 0 Å². The number of carbonyl (C=O) groups excluding carboxylic acids is 1. The van der Waals surface area contributed by atoms with Crippen molar-refractivity contribution in [3.05, 3.63) is 46.4 Å². The van der Waals surface area contributed by atoms with Crippen LogP contribution in [0.3, 0.4) is 0 Å². The number of thioether (sulfide) groups is 1. The van der Waals surface area contributed by atoms with Crippen molar-refractivity contribution < 1.29 is 4.79 Å². The molecule has 0 aliphatic carbocycles. The van der Waals surface area contributed by atoms with E-state index in [1.807, 2.05) is 25.1 Å². The SMILES string of the molecule is Cc1ncsc1CNC(=O)NC[C@H](C)Sc1ccccc1. The van der Waals surface area contributed by atoms with E-state index in [-0.39, 0.29) is 6.03 Å². The summed E-state index contributed by atoms with van der Waals surface area (Å²) in [5.41, 5.74) is 2.77. The maximum absolute atomic E-state index is 11.8. The predicted octanol–water partition coefficient (Wildman–Crippen LogP) is 3.43. The number of benzene rings is 1. The van der Waals surface area contributed by atoms with Crippen LogP contribution >= 0.6 is 23.1 Å². The topological polar surface area (TPSA) is 54.0 Å². The zero-order valence-corrected chi connectivity index (χ0v) is 13.8. The van der Waals surface area contributed by atoms with Gasteiger partial charge in [-0.15, -0.1) is 23.1 Å². The molecule has 0 aliphatic heterocycles. The maximum Gasteiger partial charge on any atom is 0.315 e. The van der Waals surface area contributed by atoms with Gasteiger partial charge < -0.3 is 10.6 Å². The summed E-state index contributed by atoms with van der Waals surface area (Å²) in [6.07, 6.45) is 0. The Bertz CT molecular complexity index is 571. The highest BCUT2D eigenvalue weighted by atomic mass is 32.2. The van der Waals surface area contributed by atoms with Crippen LogP contribution in [0.25, 0.3) is 0 Å². The molecule has 2 N–H and O–H groups in total. The van der Waals surface area contributed by atoms with Gasteiger partial charge >= 0.3 is 6.03 Å². The van der Waals surface area contributed by atoms with Crippen LogP contribution in [0.1, 0.15) is 17.5 Å². The molecule has 112 valence electrons. The van der Waals surface area contributed by atoms with Crippen LogP contribution in [0.4, 0.5) is 4.79 Å². The number of urea groups is 1. The largest absolute Gasteiger partial charge is 0.337 e. The van der Waals surface area contributed by atoms with Crippen molar-refractivity contribution in [3.63, 3.8) is 0 Å². The number of aromatic nitrogens is 1. The average molecular weight is 321 g/mol. The number of thiazole rings is 1. The summed E-state index contributed by atoms with van der Waals surface area (Å²) in [6.45, 7) is 5.21. The molecule has 0 bridgehead atoms. The molecular formula is C15H19N3OS2. The van der Waals surface area contributed by atoms with E-state index in [0.717, 1.165) is 10.6 Å². The van der Waals surface area contributed by atoms with Gasteiger partial charge in [-0.25, -0.2) is 9.78 Å². The van der Waals surface area contributed by atoms with Gasteiger partial charge in [0.05, 0.1) is 17.7 Å². The van der Waals surface area contributed by atoms with Crippen LogP contribution in [-0.2, 0) is 6.54 Å². The van der Waals surface area contributed by atoms with Crippen LogP contribution in [0.15, 0.2) is 40.7 Å². The van der Waals surface area contributed by atoms with E-state index in [1.54, 1.807) is 28.6 Å². The molecule has 2 rings (SSSR count). The Labute approximate surface area is 133 Å². The maximum atomic E-state index is 11.8. The second kappa shape index (κ2) is 8.05. The van der Waals surface area contributed by atoms with Crippen molar-refractivity contribution in [2.24, 2.45) is 0 Å². The highest BCUT2D eigenvalue weighted by Crippen LogP contribution is 2.21. The molecule has 1 atom stereocenters. The summed E-state index contributed by atoms with van der Waals surface area (Å²) in [7, 11) is 0. The second-order valence-electron chi connectivity index (χ2n) is 4.67. The summed E-state index contributed by atoms with van der Waals surface area (Å²) in [6, 6.07) is 10.1. The van der Waals surface area contributed by atoms with Crippen molar-refractivity contribution >= 4 is 29.1 Å². The van der Waals surface area contributed by atoms with Crippen molar-refractivity contribution in [1.82, 2.24) is 15.6 Å². The molecule has 0 saturated carbocycles. The Balaban J connectivity index is 1.68. The molecule has 2 amide bonds. The van der Waals surface area contributed by atoms with Crippen LogP contribution in [0, 0.1) is 6.92 Å². The highest BCUT2D eigenvalue weighted by Gasteiger charge is 2.08. The zero-order valence-electron chi connectivity index (χ0n) is 12.1. The van der Waals surface area contributed by atoms with Crippen molar-refractivity contribution in [1.29, 1.82) is 0 Å². The lowest BCUT2D eigenvalue weighted by atomic mass is 10.4. The first-order valence-electron chi connectivity index (χ1n) is 6.77. The van der Waals surface area contributed by atoms with Gasteiger partial charge in [0.1, 0.15) is 0 Å². The number of nitrogens with one attached hydrogen (secondary N) is 2. The summed E-state index contributed by atoms with van der Waals surface area (Å²) in [4.78, 5) is 18.2. The number of hydrogen-bond donors (Lipinski definition) is 2. The molecular weight excluding hydrogens is 302 g/mol. The minimum absolute atomic E-state index is 0.136. The molecule has 1 aromatic heterocycles. The van der Waals surface area contributed by atoms with Gasteiger partial charge in [-0.1, -0.05) is 25.1 Å². The Morgan fingerprint density at radius 1 is 1.33 bits per heavy atom. The molecule has 0 fully saturated rings. The van der Waals surface area contributed by atoms with Crippen LogP contribution in [-0.4, -0.2) is 22.8 Å². The van der Waals surface area contributed by atoms with E-state index in [0.29, 0.717) is 18.3 Å². The fourth-order valence-corrected chi connectivity index (χ4v) is 3.39. The first-order valence-corrected chi connectivity index (χ1v) is 8.53. The van der Waals surface area contributed by atoms with Gasteiger partial charge in [-0.3, -0.25) is 0 Å². The fourth-order valence-electron chi connectivity index (χ4n) is 1.73. The van der Waals surface area contributed by atoms with Gasteiger partial charge in [0.2, 0.25) is 0 Å². The first-order chi connectivity index (χ1) is 10.1. The average Bonchev–Trinajstić information content (AvgIpc) is 2.89. The van der Waals surface area contributed by atoms with E-state index >= 15 is 0 Å². The molecule has 0 spiro atoms. The highest BCUT2D eigenvalue weighted by molar-refractivity contribution is 8.00. The zero-order chi connectivity index (χ0) is 15.1. The number of aryl methyl sites for hydroxylation is 1. The van der Waals surface area contributed by atoms with E-state index in [4.69, 9.17) is 0 Å². The molecule has 0 radical (unpaired) electrons. The van der Waals surface area contributed by atoms with Gasteiger partial charge in [-0.2, -0.15) is 0 Å². The number of amides is 2. The molecule has 0 aliphatic rings. The lowest BCUT2D eigenvalue weighted by Crippen LogP contribution is -2.38. The van der Waals surface area contributed by atoms with E-state index in [9.17, 15) is 4.79 Å². The quantitative estimate of drug-likeness (QED) is 0.802. The molecule has 1 aromatic carbocycles.